The largest absolute Gasteiger partial charge is 0.446 e. The molecular formula is C14H17N3O2. The molecule has 0 saturated carbocycles. The summed E-state index contributed by atoms with van der Waals surface area (Å²) in [5.74, 6) is 0.272. The standard InChI is InChI=1S/C14H17N3O2/c1-9(2)12(15)14-17-11(8-19-14)13(18)16-10-6-4-3-5-7-10/h3-9,12H,15H2,1-2H3,(H,16,18). The lowest BCUT2D eigenvalue weighted by atomic mass is 10.1. The minimum Gasteiger partial charge on any atom is -0.446 e. The summed E-state index contributed by atoms with van der Waals surface area (Å²) in [6.45, 7) is 3.94. The second kappa shape index (κ2) is 5.67. The van der Waals surface area contributed by atoms with Gasteiger partial charge in [0, 0.05) is 5.69 Å². The minimum absolute atomic E-state index is 0.198. The summed E-state index contributed by atoms with van der Waals surface area (Å²) >= 11 is 0. The van der Waals surface area contributed by atoms with Gasteiger partial charge in [0.1, 0.15) is 6.26 Å². The minimum atomic E-state index is -0.308. The number of hydrogen-bond donors (Lipinski definition) is 2. The molecule has 2 aromatic rings. The van der Waals surface area contributed by atoms with Crippen molar-refractivity contribution in [2.75, 3.05) is 5.32 Å². The topological polar surface area (TPSA) is 81.1 Å². The van der Waals surface area contributed by atoms with E-state index in [4.69, 9.17) is 10.2 Å². The van der Waals surface area contributed by atoms with Gasteiger partial charge in [-0.2, -0.15) is 0 Å². The van der Waals surface area contributed by atoms with Gasteiger partial charge in [0.15, 0.2) is 5.69 Å². The number of benzene rings is 1. The number of carbonyl (C=O) groups is 1. The maximum atomic E-state index is 11.9. The maximum Gasteiger partial charge on any atom is 0.277 e. The van der Waals surface area contributed by atoms with Crippen molar-refractivity contribution < 1.29 is 9.21 Å². The van der Waals surface area contributed by atoms with Crippen molar-refractivity contribution in [1.82, 2.24) is 4.98 Å². The molecule has 0 spiro atoms. The molecule has 0 aliphatic rings. The molecular weight excluding hydrogens is 242 g/mol. The highest BCUT2D eigenvalue weighted by Gasteiger charge is 2.19. The molecule has 0 aliphatic heterocycles. The van der Waals surface area contributed by atoms with Crippen LogP contribution in [0.25, 0.3) is 0 Å². The zero-order valence-electron chi connectivity index (χ0n) is 11.0. The Morgan fingerprint density at radius 1 is 1.32 bits per heavy atom. The van der Waals surface area contributed by atoms with Gasteiger partial charge in [-0.3, -0.25) is 4.79 Å². The van der Waals surface area contributed by atoms with Gasteiger partial charge in [-0.05, 0) is 18.1 Å². The molecule has 0 aliphatic carbocycles. The molecule has 19 heavy (non-hydrogen) atoms. The number of amides is 1. The summed E-state index contributed by atoms with van der Waals surface area (Å²) in [6.07, 6.45) is 1.33. The molecule has 5 nitrogen and oxygen atoms in total. The Morgan fingerprint density at radius 2 is 2.00 bits per heavy atom. The molecule has 1 atom stereocenters. The van der Waals surface area contributed by atoms with Crippen molar-refractivity contribution in [3.63, 3.8) is 0 Å². The van der Waals surface area contributed by atoms with Crippen LogP contribution in [0.5, 0.6) is 0 Å². The number of aromatic nitrogens is 1. The van der Waals surface area contributed by atoms with E-state index in [1.807, 2.05) is 32.0 Å². The van der Waals surface area contributed by atoms with Crippen LogP contribution in [0.3, 0.4) is 0 Å². The van der Waals surface area contributed by atoms with E-state index in [2.05, 4.69) is 10.3 Å². The quantitative estimate of drug-likeness (QED) is 0.884. The monoisotopic (exact) mass is 259 g/mol. The maximum absolute atomic E-state index is 11.9. The summed E-state index contributed by atoms with van der Waals surface area (Å²) in [7, 11) is 0. The molecule has 1 aromatic heterocycles. The first-order chi connectivity index (χ1) is 9.08. The smallest absolute Gasteiger partial charge is 0.277 e. The van der Waals surface area contributed by atoms with Crippen LogP contribution in [0.4, 0.5) is 5.69 Å². The van der Waals surface area contributed by atoms with Gasteiger partial charge in [0.2, 0.25) is 5.89 Å². The first kappa shape index (κ1) is 13.3. The Morgan fingerprint density at radius 3 is 2.63 bits per heavy atom. The summed E-state index contributed by atoms with van der Waals surface area (Å²) < 4.78 is 5.25. The third kappa shape index (κ3) is 3.20. The van der Waals surface area contributed by atoms with Crippen LogP contribution in [0.15, 0.2) is 41.0 Å². The highest BCUT2D eigenvalue weighted by Crippen LogP contribution is 2.18. The van der Waals surface area contributed by atoms with Crippen molar-refractivity contribution in [3.05, 3.63) is 48.2 Å². The van der Waals surface area contributed by atoms with Crippen molar-refractivity contribution in [2.45, 2.75) is 19.9 Å². The van der Waals surface area contributed by atoms with Crippen molar-refractivity contribution in [3.8, 4) is 0 Å². The van der Waals surface area contributed by atoms with Crippen LogP contribution in [-0.4, -0.2) is 10.9 Å². The first-order valence-corrected chi connectivity index (χ1v) is 6.15. The Kier molecular flexibility index (Phi) is 3.97. The Balaban J connectivity index is 2.08. The van der Waals surface area contributed by atoms with E-state index in [0.29, 0.717) is 11.6 Å². The molecule has 1 aromatic carbocycles. The SMILES string of the molecule is CC(C)C(N)c1nc(C(=O)Nc2ccccc2)co1. The molecule has 5 heteroatoms. The van der Waals surface area contributed by atoms with E-state index in [1.165, 1.54) is 6.26 Å². The van der Waals surface area contributed by atoms with Gasteiger partial charge < -0.3 is 15.5 Å². The fourth-order valence-electron chi connectivity index (χ4n) is 1.55. The number of hydrogen-bond acceptors (Lipinski definition) is 4. The molecule has 0 fully saturated rings. The molecule has 1 unspecified atom stereocenters. The van der Waals surface area contributed by atoms with E-state index in [9.17, 15) is 4.79 Å². The number of carbonyl (C=O) groups excluding carboxylic acids is 1. The van der Waals surface area contributed by atoms with E-state index < -0.39 is 0 Å². The predicted octanol–water partition coefficient (Wildman–Crippen LogP) is 2.58. The molecule has 100 valence electrons. The lowest BCUT2D eigenvalue weighted by Crippen LogP contribution is -2.18. The van der Waals surface area contributed by atoms with Crippen LogP contribution < -0.4 is 11.1 Å². The van der Waals surface area contributed by atoms with Crippen LogP contribution in [0.2, 0.25) is 0 Å². The zero-order valence-corrected chi connectivity index (χ0v) is 11.0. The number of nitrogens with zero attached hydrogens (tertiary/aromatic N) is 1. The van der Waals surface area contributed by atoms with Crippen molar-refractivity contribution >= 4 is 11.6 Å². The van der Waals surface area contributed by atoms with E-state index in [0.717, 1.165) is 0 Å². The van der Waals surface area contributed by atoms with Gasteiger partial charge in [-0.25, -0.2) is 4.98 Å². The molecule has 0 bridgehead atoms. The average molecular weight is 259 g/mol. The summed E-state index contributed by atoms with van der Waals surface area (Å²) in [5, 5.41) is 2.74. The van der Waals surface area contributed by atoms with Gasteiger partial charge in [-0.15, -0.1) is 0 Å². The molecule has 1 amide bonds. The lowest BCUT2D eigenvalue weighted by Gasteiger charge is -2.10. The lowest BCUT2D eigenvalue weighted by molar-refractivity contribution is 0.102. The number of nitrogens with two attached hydrogens (primary N) is 1. The highest BCUT2D eigenvalue weighted by atomic mass is 16.3. The van der Waals surface area contributed by atoms with Crippen molar-refractivity contribution in [2.24, 2.45) is 11.7 Å². The summed E-state index contributed by atoms with van der Waals surface area (Å²) in [4.78, 5) is 16.1. The third-order valence-corrected chi connectivity index (χ3v) is 2.79. The first-order valence-electron chi connectivity index (χ1n) is 6.15. The number of anilines is 1. The number of oxazole rings is 1. The average Bonchev–Trinajstić information content (AvgIpc) is 2.88. The van der Waals surface area contributed by atoms with Crippen LogP contribution >= 0.6 is 0 Å². The Labute approximate surface area is 111 Å². The number of rotatable bonds is 4. The Hall–Kier alpha value is -2.14. The zero-order chi connectivity index (χ0) is 13.8. The molecule has 0 radical (unpaired) electrons. The van der Waals surface area contributed by atoms with Crippen LogP contribution in [0.1, 0.15) is 36.3 Å². The van der Waals surface area contributed by atoms with E-state index >= 15 is 0 Å². The predicted molar refractivity (Wildman–Crippen MR) is 72.7 cm³/mol. The van der Waals surface area contributed by atoms with Gasteiger partial charge >= 0.3 is 0 Å². The molecule has 1 heterocycles. The second-order valence-electron chi connectivity index (χ2n) is 4.66. The molecule has 3 N–H and O–H groups in total. The second-order valence-corrected chi connectivity index (χ2v) is 4.66. The van der Waals surface area contributed by atoms with Crippen LogP contribution in [0, 0.1) is 5.92 Å². The van der Waals surface area contributed by atoms with Gasteiger partial charge in [-0.1, -0.05) is 32.0 Å². The Bertz CT molecular complexity index is 549. The molecule has 0 saturated heterocycles. The van der Waals surface area contributed by atoms with E-state index in [-0.39, 0.29) is 23.6 Å². The number of para-hydroxylation sites is 1. The number of nitrogens with one attached hydrogen (secondary N) is 1. The van der Waals surface area contributed by atoms with Gasteiger partial charge in [0.05, 0.1) is 6.04 Å². The van der Waals surface area contributed by atoms with Crippen LogP contribution in [-0.2, 0) is 0 Å². The summed E-state index contributed by atoms with van der Waals surface area (Å²) in [6, 6.07) is 8.87. The fourth-order valence-corrected chi connectivity index (χ4v) is 1.55. The third-order valence-electron chi connectivity index (χ3n) is 2.79. The normalized spacial score (nSPS) is 12.4. The fraction of sp³-hybridized carbons (Fsp3) is 0.286. The van der Waals surface area contributed by atoms with E-state index in [1.54, 1.807) is 12.1 Å². The molecule has 2 rings (SSSR count). The van der Waals surface area contributed by atoms with Crippen molar-refractivity contribution in [1.29, 1.82) is 0 Å². The van der Waals surface area contributed by atoms with Gasteiger partial charge in [0.25, 0.3) is 5.91 Å². The highest BCUT2D eigenvalue weighted by molar-refractivity contribution is 6.02. The summed E-state index contributed by atoms with van der Waals surface area (Å²) in [5.41, 5.74) is 6.86.